The number of hydrogen-bond acceptors (Lipinski definition) is 5. The van der Waals surface area contributed by atoms with E-state index in [1.807, 2.05) is 4.98 Å². The number of hydrogen-bond donors (Lipinski definition) is 4. The average Bonchev–Trinajstić information content (AvgIpc) is 2.37. The fraction of sp³-hybridized carbons (Fsp3) is 0.636. The van der Waals surface area contributed by atoms with Crippen LogP contribution in [0.15, 0.2) is 20.7 Å². The van der Waals surface area contributed by atoms with E-state index in [1.54, 1.807) is 0 Å². The minimum atomic E-state index is -3.99. The molecule has 1 saturated carbocycles. The van der Waals surface area contributed by atoms with Crippen LogP contribution in [0.3, 0.4) is 0 Å². The number of nitrogens with two attached hydrogens (primary N) is 1. The monoisotopic (exact) mass is 302 g/mol. The van der Waals surface area contributed by atoms with Crippen LogP contribution in [0, 0.1) is 0 Å². The van der Waals surface area contributed by atoms with Crippen molar-refractivity contribution in [3.05, 3.63) is 27.0 Å². The molecule has 0 amide bonds. The van der Waals surface area contributed by atoms with Gasteiger partial charge in [-0.1, -0.05) is 19.3 Å². The topological polar surface area (TPSA) is 138 Å². The Morgan fingerprint density at radius 2 is 1.90 bits per heavy atom. The maximum absolute atomic E-state index is 12.0. The summed E-state index contributed by atoms with van der Waals surface area (Å²) in [6.07, 6.45) is 5.42. The molecule has 0 unspecified atom stereocenters. The SMILES string of the molecule is NC1(CNS(=O)(=O)c2c[nH]c(=O)[nH]c2=O)CCCCC1. The summed E-state index contributed by atoms with van der Waals surface area (Å²) in [5, 5.41) is 0. The second kappa shape index (κ2) is 5.51. The van der Waals surface area contributed by atoms with Crippen molar-refractivity contribution in [2.75, 3.05) is 6.54 Å². The molecule has 1 aliphatic carbocycles. The van der Waals surface area contributed by atoms with Crippen molar-refractivity contribution in [2.24, 2.45) is 5.73 Å². The zero-order valence-corrected chi connectivity index (χ0v) is 11.8. The molecule has 1 heterocycles. The molecule has 0 spiro atoms. The molecule has 8 nitrogen and oxygen atoms in total. The van der Waals surface area contributed by atoms with E-state index in [9.17, 15) is 18.0 Å². The molecular formula is C11H18N4O4S. The molecule has 5 N–H and O–H groups in total. The minimum absolute atomic E-state index is 0.0773. The third-order valence-corrected chi connectivity index (χ3v) is 4.94. The highest BCUT2D eigenvalue weighted by Gasteiger charge is 2.30. The maximum atomic E-state index is 12.0. The van der Waals surface area contributed by atoms with Crippen molar-refractivity contribution < 1.29 is 8.42 Å². The zero-order chi connectivity index (χ0) is 14.8. The van der Waals surface area contributed by atoms with Gasteiger partial charge in [0.2, 0.25) is 10.0 Å². The first kappa shape index (κ1) is 14.9. The Morgan fingerprint density at radius 3 is 2.50 bits per heavy atom. The van der Waals surface area contributed by atoms with Crippen molar-refractivity contribution >= 4 is 10.0 Å². The fourth-order valence-corrected chi connectivity index (χ4v) is 3.49. The first-order valence-corrected chi connectivity index (χ1v) is 7.91. The number of nitrogens with one attached hydrogen (secondary N) is 3. The molecule has 1 aliphatic rings. The van der Waals surface area contributed by atoms with Crippen LogP contribution in [-0.4, -0.2) is 30.5 Å². The first-order valence-electron chi connectivity index (χ1n) is 6.43. The molecule has 0 aromatic carbocycles. The van der Waals surface area contributed by atoms with Crippen LogP contribution >= 0.6 is 0 Å². The number of rotatable bonds is 4. The summed E-state index contributed by atoms with van der Waals surface area (Å²) in [5.41, 5.74) is 3.87. The van der Waals surface area contributed by atoms with Crippen LogP contribution in [0.4, 0.5) is 0 Å². The molecule has 9 heteroatoms. The number of aromatic nitrogens is 2. The van der Waals surface area contributed by atoms with Gasteiger partial charge in [-0.05, 0) is 12.8 Å². The van der Waals surface area contributed by atoms with Gasteiger partial charge in [0.15, 0.2) is 4.90 Å². The molecule has 0 atom stereocenters. The van der Waals surface area contributed by atoms with Gasteiger partial charge in [-0.25, -0.2) is 17.9 Å². The lowest BCUT2D eigenvalue weighted by Gasteiger charge is -2.33. The zero-order valence-electron chi connectivity index (χ0n) is 10.9. The molecule has 0 aliphatic heterocycles. The Hall–Kier alpha value is -1.45. The summed E-state index contributed by atoms with van der Waals surface area (Å²) < 4.78 is 26.4. The van der Waals surface area contributed by atoms with Gasteiger partial charge in [0.1, 0.15) is 0 Å². The number of aromatic amines is 2. The lowest BCUT2D eigenvalue weighted by molar-refractivity contribution is 0.296. The van der Waals surface area contributed by atoms with Crippen LogP contribution < -0.4 is 21.7 Å². The predicted molar refractivity (Wildman–Crippen MR) is 72.9 cm³/mol. The molecule has 0 saturated heterocycles. The summed E-state index contributed by atoms with van der Waals surface area (Å²) in [5.74, 6) is 0. The number of sulfonamides is 1. The molecule has 0 radical (unpaired) electrons. The highest BCUT2D eigenvalue weighted by molar-refractivity contribution is 7.89. The Kier molecular flexibility index (Phi) is 4.11. The highest BCUT2D eigenvalue weighted by atomic mass is 32.2. The van der Waals surface area contributed by atoms with Gasteiger partial charge in [0.05, 0.1) is 0 Å². The van der Waals surface area contributed by atoms with Gasteiger partial charge < -0.3 is 10.7 Å². The third kappa shape index (κ3) is 3.35. The molecule has 1 fully saturated rings. The first-order chi connectivity index (χ1) is 9.32. The van der Waals surface area contributed by atoms with Crippen LogP contribution in [0.5, 0.6) is 0 Å². The van der Waals surface area contributed by atoms with Crippen LogP contribution in [-0.2, 0) is 10.0 Å². The van der Waals surface area contributed by atoms with Crippen LogP contribution in [0.2, 0.25) is 0 Å². The summed E-state index contributed by atoms with van der Waals surface area (Å²) in [4.78, 5) is 25.9. The van der Waals surface area contributed by atoms with E-state index >= 15 is 0 Å². The summed E-state index contributed by atoms with van der Waals surface area (Å²) in [6, 6.07) is 0. The van der Waals surface area contributed by atoms with Gasteiger partial charge in [-0.15, -0.1) is 0 Å². The van der Waals surface area contributed by atoms with Gasteiger partial charge in [-0.2, -0.15) is 0 Å². The van der Waals surface area contributed by atoms with E-state index in [2.05, 4.69) is 9.71 Å². The fourth-order valence-electron chi connectivity index (χ4n) is 2.35. The summed E-state index contributed by atoms with van der Waals surface area (Å²) >= 11 is 0. The van der Waals surface area contributed by atoms with Gasteiger partial charge in [0, 0.05) is 18.3 Å². The minimum Gasteiger partial charge on any atom is -0.324 e. The van der Waals surface area contributed by atoms with E-state index in [1.165, 1.54) is 0 Å². The summed E-state index contributed by atoms with van der Waals surface area (Å²) in [7, 11) is -3.99. The average molecular weight is 302 g/mol. The van der Waals surface area contributed by atoms with E-state index in [-0.39, 0.29) is 6.54 Å². The molecular weight excluding hydrogens is 284 g/mol. The van der Waals surface area contributed by atoms with E-state index < -0.39 is 31.7 Å². The molecule has 0 bridgehead atoms. The number of H-pyrrole nitrogens is 2. The third-order valence-electron chi connectivity index (χ3n) is 3.54. The van der Waals surface area contributed by atoms with E-state index in [0.717, 1.165) is 38.3 Å². The van der Waals surface area contributed by atoms with Crippen molar-refractivity contribution in [2.45, 2.75) is 42.5 Å². The van der Waals surface area contributed by atoms with Gasteiger partial charge >= 0.3 is 5.69 Å². The molecule has 2 rings (SSSR count). The van der Waals surface area contributed by atoms with Gasteiger partial charge in [-0.3, -0.25) is 9.78 Å². The molecule has 20 heavy (non-hydrogen) atoms. The normalized spacial score (nSPS) is 18.9. The van der Waals surface area contributed by atoms with Gasteiger partial charge in [0.25, 0.3) is 5.56 Å². The second-order valence-corrected chi connectivity index (χ2v) is 6.92. The lowest BCUT2D eigenvalue weighted by atomic mass is 9.83. The second-order valence-electron chi connectivity index (χ2n) is 5.18. The Labute approximate surface area is 115 Å². The van der Waals surface area contributed by atoms with E-state index in [4.69, 9.17) is 5.73 Å². The van der Waals surface area contributed by atoms with Crippen molar-refractivity contribution in [3.8, 4) is 0 Å². The Bertz CT molecular complexity index is 685. The predicted octanol–water partition coefficient (Wildman–Crippen LogP) is -0.997. The standard InChI is InChI=1S/C11H18N4O4S/c12-11(4-2-1-3-5-11)7-14-20(18,19)8-6-13-10(17)15-9(8)16/h6,14H,1-5,7,12H2,(H2,13,15,16,17). The van der Waals surface area contributed by atoms with Crippen molar-refractivity contribution in [3.63, 3.8) is 0 Å². The lowest BCUT2D eigenvalue weighted by Crippen LogP contribution is -2.51. The van der Waals surface area contributed by atoms with Crippen LogP contribution in [0.1, 0.15) is 32.1 Å². The summed E-state index contributed by atoms with van der Waals surface area (Å²) in [6.45, 7) is 0.0773. The highest BCUT2D eigenvalue weighted by Crippen LogP contribution is 2.25. The molecule has 1 aromatic heterocycles. The maximum Gasteiger partial charge on any atom is 0.325 e. The Morgan fingerprint density at radius 1 is 1.25 bits per heavy atom. The quantitative estimate of drug-likeness (QED) is 0.565. The molecule has 112 valence electrons. The molecule has 1 aromatic rings. The smallest absolute Gasteiger partial charge is 0.324 e. The van der Waals surface area contributed by atoms with Crippen molar-refractivity contribution in [1.29, 1.82) is 0 Å². The van der Waals surface area contributed by atoms with Crippen LogP contribution in [0.25, 0.3) is 0 Å². The van der Waals surface area contributed by atoms with Crippen molar-refractivity contribution in [1.82, 2.24) is 14.7 Å². The largest absolute Gasteiger partial charge is 0.325 e. The van der Waals surface area contributed by atoms with E-state index in [0.29, 0.717) is 0 Å². The Balaban J connectivity index is 2.15.